The number of nitriles is 1. The fourth-order valence-corrected chi connectivity index (χ4v) is 4.19. The van der Waals surface area contributed by atoms with Gasteiger partial charge in [-0.25, -0.2) is 4.79 Å². The number of methoxy groups -OCH3 is 1. The second kappa shape index (κ2) is 11.8. The highest BCUT2D eigenvalue weighted by molar-refractivity contribution is 8.03. The van der Waals surface area contributed by atoms with Crippen molar-refractivity contribution in [3.8, 4) is 29.0 Å². The van der Waals surface area contributed by atoms with Gasteiger partial charge in [0.1, 0.15) is 23.0 Å². The van der Waals surface area contributed by atoms with Crippen LogP contribution in [0.15, 0.2) is 75.2 Å². The van der Waals surface area contributed by atoms with Crippen molar-refractivity contribution in [1.82, 2.24) is 10.2 Å². The predicted molar refractivity (Wildman–Crippen MR) is 140 cm³/mol. The Morgan fingerprint density at radius 3 is 2.46 bits per heavy atom. The highest BCUT2D eigenvalue weighted by Gasteiger charge is 2.19. The first kappa shape index (κ1) is 26.1. The highest BCUT2D eigenvalue weighted by atomic mass is 35.5. The summed E-state index contributed by atoms with van der Waals surface area (Å²) in [5.41, 5.74) is 2.30. The van der Waals surface area contributed by atoms with Gasteiger partial charge < -0.3 is 19.0 Å². The first-order valence-electron chi connectivity index (χ1n) is 10.6. The van der Waals surface area contributed by atoms with Gasteiger partial charge in [0.05, 0.1) is 24.3 Å². The molecule has 0 amide bonds. The number of thioether (sulfide) groups is 1. The summed E-state index contributed by atoms with van der Waals surface area (Å²) in [5, 5.41) is 27.6. The molecule has 0 aliphatic carbocycles. The molecule has 0 saturated heterocycles. The monoisotopic (exact) mass is 553 g/mol. The van der Waals surface area contributed by atoms with Crippen LogP contribution in [-0.4, -0.2) is 28.4 Å². The molecule has 37 heavy (non-hydrogen) atoms. The largest absolute Gasteiger partial charge is 0.496 e. The van der Waals surface area contributed by atoms with Crippen molar-refractivity contribution in [2.75, 3.05) is 7.11 Å². The number of carboxylic acid groups (broad SMARTS) is 1. The molecule has 0 unspecified atom stereocenters. The summed E-state index contributed by atoms with van der Waals surface area (Å²) in [5.74, 6) is -0.187. The number of aliphatic carboxylic acids is 1. The summed E-state index contributed by atoms with van der Waals surface area (Å²) < 4.78 is 16.9. The minimum Gasteiger partial charge on any atom is -0.496 e. The second-order valence-corrected chi connectivity index (χ2v) is 9.28. The minimum atomic E-state index is -1.21. The Balaban J connectivity index is 1.58. The van der Waals surface area contributed by atoms with Crippen molar-refractivity contribution >= 4 is 47.0 Å². The Bertz CT molecular complexity index is 1510. The Labute approximate surface area is 226 Å². The maximum atomic E-state index is 12.0. The average molecular weight is 554 g/mol. The predicted octanol–water partition coefficient (Wildman–Crippen LogP) is 6.72. The van der Waals surface area contributed by atoms with Crippen molar-refractivity contribution in [2.24, 2.45) is 0 Å². The number of hydrogen-bond donors (Lipinski definition) is 1. The van der Waals surface area contributed by atoms with E-state index in [-0.39, 0.29) is 22.6 Å². The van der Waals surface area contributed by atoms with Gasteiger partial charge in [-0.05, 0) is 71.9 Å². The number of benzene rings is 3. The zero-order chi connectivity index (χ0) is 26.4. The summed E-state index contributed by atoms with van der Waals surface area (Å²) in [6.07, 6.45) is 1.41. The molecule has 11 heteroatoms. The lowest BCUT2D eigenvalue weighted by Crippen LogP contribution is -2.00. The molecule has 1 heterocycles. The molecule has 0 fully saturated rings. The molecule has 0 radical (unpaired) electrons. The highest BCUT2D eigenvalue weighted by Crippen LogP contribution is 2.36. The zero-order valence-corrected chi connectivity index (χ0v) is 21.5. The molecule has 0 aliphatic heterocycles. The molecule has 4 aromatic rings. The number of aromatic nitrogens is 2. The third kappa shape index (κ3) is 6.62. The molecule has 0 saturated carbocycles. The maximum absolute atomic E-state index is 12.0. The Kier molecular flexibility index (Phi) is 8.36. The molecule has 0 aliphatic rings. The van der Waals surface area contributed by atoms with Gasteiger partial charge in [0.25, 0.3) is 11.1 Å². The van der Waals surface area contributed by atoms with E-state index < -0.39 is 5.97 Å². The maximum Gasteiger partial charge on any atom is 0.342 e. The average Bonchev–Trinajstić information content (AvgIpc) is 3.36. The van der Waals surface area contributed by atoms with E-state index >= 15 is 0 Å². The molecule has 1 N–H and O–H groups in total. The van der Waals surface area contributed by atoms with Gasteiger partial charge in [-0.15, -0.1) is 10.2 Å². The second-order valence-electron chi connectivity index (χ2n) is 7.41. The molecule has 1 aromatic heterocycles. The van der Waals surface area contributed by atoms with Crippen LogP contribution < -0.4 is 9.47 Å². The molecule has 0 spiro atoms. The van der Waals surface area contributed by atoms with Crippen LogP contribution in [0.1, 0.15) is 16.7 Å². The quantitative estimate of drug-likeness (QED) is 0.178. The van der Waals surface area contributed by atoms with E-state index in [1.807, 2.05) is 0 Å². The third-order valence-electron chi connectivity index (χ3n) is 4.94. The number of halogens is 2. The van der Waals surface area contributed by atoms with Crippen LogP contribution in [0.3, 0.4) is 0 Å². The van der Waals surface area contributed by atoms with E-state index in [0.29, 0.717) is 38.2 Å². The van der Waals surface area contributed by atoms with Crippen LogP contribution in [0.2, 0.25) is 10.0 Å². The van der Waals surface area contributed by atoms with Crippen LogP contribution in [0.25, 0.3) is 17.5 Å². The van der Waals surface area contributed by atoms with Gasteiger partial charge in [0, 0.05) is 15.6 Å². The van der Waals surface area contributed by atoms with E-state index in [0.717, 1.165) is 17.3 Å². The normalized spacial score (nSPS) is 11.1. The number of carbonyl (C=O) groups is 1. The van der Waals surface area contributed by atoms with E-state index in [1.165, 1.54) is 13.2 Å². The van der Waals surface area contributed by atoms with E-state index in [2.05, 4.69) is 16.3 Å². The summed E-state index contributed by atoms with van der Waals surface area (Å²) in [4.78, 5) is 12.0. The lowest BCUT2D eigenvalue weighted by molar-refractivity contribution is -0.131. The first-order chi connectivity index (χ1) is 17.9. The number of rotatable bonds is 9. The van der Waals surface area contributed by atoms with Crippen molar-refractivity contribution < 1.29 is 23.8 Å². The van der Waals surface area contributed by atoms with Crippen molar-refractivity contribution in [2.45, 2.75) is 11.8 Å². The van der Waals surface area contributed by atoms with Crippen LogP contribution in [0, 0.1) is 11.3 Å². The van der Waals surface area contributed by atoms with Crippen LogP contribution >= 0.6 is 35.0 Å². The molecule has 8 nitrogen and oxygen atoms in total. The zero-order valence-electron chi connectivity index (χ0n) is 19.1. The Morgan fingerprint density at radius 1 is 1.08 bits per heavy atom. The summed E-state index contributed by atoms with van der Waals surface area (Å²) in [6.45, 7) is 0.207. The van der Waals surface area contributed by atoms with Crippen molar-refractivity contribution in [3.05, 3.63) is 92.3 Å². The minimum absolute atomic E-state index is 0.00718. The van der Waals surface area contributed by atoms with Crippen molar-refractivity contribution in [3.63, 3.8) is 0 Å². The molecule has 186 valence electrons. The van der Waals surface area contributed by atoms with Crippen molar-refractivity contribution in [1.29, 1.82) is 5.26 Å². The smallest absolute Gasteiger partial charge is 0.342 e. The lowest BCUT2D eigenvalue weighted by Gasteiger charge is -2.11. The van der Waals surface area contributed by atoms with Crippen LogP contribution in [0.4, 0.5) is 0 Å². The molecule has 3 aromatic carbocycles. The summed E-state index contributed by atoms with van der Waals surface area (Å²) >= 11 is 13.0. The Hall–Kier alpha value is -3.97. The summed E-state index contributed by atoms with van der Waals surface area (Å²) in [7, 11) is 1.50. The van der Waals surface area contributed by atoms with Gasteiger partial charge in [-0.2, -0.15) is 5.26 Å². The third-order valence-corrected chi connectivity index (χ3v) is 6.26. The van der Waals surface area contributed by atoms with E-state index in [9.17, 15) is 9.90 Å². The fraction of sp³-hybridized carbons (Fsp3) is 0.0769. The molecule has 0 atom stereocenters. The first-order valence-corrected chi connectivity index (χ1v) is 12.1. The lowest BCUT2D eigenvalue weighted by atomic mass is 10.1. The van der Waals surface area contributed by atoms with Crippen LogP contribution in [0.5, 0.6) is 11.5 Å². The van der Waals surface area contributed by atoms with Crippen LogP contribution in [-0.2, 0) is 11.4 Å². The SMILES string of the molecule is COc1ccc(Cl)cc1-c1nnc(S/C(=C\c2cc(Cl)ccc2OCc2ccc(C#N)cc2)C(=O)O)o1. The topological polar surface area (TPSA) is 118 Å². The fourth-order valence-electron chi connectivity index (χ4n) is 3.18. The molecular weight excluding hydrogens is 537 g/mol. The van der Waals surface area contributed by atoms with Gasteiger partial charge in [-0.1, -0.05) is 35.3 Å². The number of hydrogen-bond acceptors (Lipinski definition) is 8. The number of ether oxygens (including phenoxy) is 2. The summed E-state index contributed by atoms with van der Waals surface area (Å²) in [6, 6.07) is 18.8. The van der Waals surface area contributed by atoms with Gasteiger partial charge in [0.2, 0.25) is 0 Å². The molecular formula is C26H17Cl2N3O5S. The Morgan fingerprint density at radius 2 is 1.78 bits per heavy atom. The van der Waals surface area contributed by atoms with E-state index in [4.69, 9.17) is 42.4 Å². The van der Waals surface area contributed by atoms with Gasteiger partial charge in [0.15, 0.2) is 0 Å². The van der Waals surface area contributed by atoms with E-state index in [1.54, 1.807) is 60.7 Å². The molecule has 0 bridgehead atoms. The standard InChI is InChI=1S/C26H17Cl2N3O5S/c1-34-22-9-7-19(28)12-20(22)24-30-31-26(36-24)37-23(25(32)33)11-17-10-18(27)6-8-21(17)35-14-16-4-2-15(13-29)3-5-16/h2-12H,14H2,1H3,(H,32,33)/b23-11-. The number of carboxylic acids is 1. The molecule has 4 rings (SSSR count). The van der Waals surface area contributed by atoms with Gasteiger partial charge in [-0.3, -0.25) is 0 Å². The number of nitrogens with zero attached hydrogens (tertiary/aromatic N) is 3. The van der Waals surface area contributed by atoms with Gasteiger partial charge >= 0.3 is 5.97 Å².